The standard InChI is InChI=1S/C13H17NO2S/c1-15-9-3-2-8-4-12(13(14)11(8)5-9)17-10-6-16-7-10/h2-3,5,10,12-13H,4,6-7,14H2,1H3. The molecule has 1 fully saturated rings. The Morgan fingerprint density at radius 3 is 2.88 bits per heavy atom. The lowest BCUT2D eigenvalue weighted by atomic mass is 10.1. The Morgan fingerprint density at radius 2 is 2.24 bits per heavy atom. The molecule has 1 saturated heterocycles. The quantitative estimate of drug-likeness (QED) is 0.889. The van der Waals surface area contributed by atoms with Crippen LogP contribution < -0.4 is 10.5 Å². The first kappa shape index (κ1) is 11.4. The molecule has 1 aromatic carbocycles. The van der Waals surface area contributed by atoms with Gasteiger partial charge < -0.3 is 15.2 Å². The molecule has 0 amide bonds. The molecule has 2 atom stereocenters. The molecule has 2 N–H and O–H groups in total. The van der Waals surface area contributed by atoms with Crippen LogP contribution in [0.4, 0.5) is 0 Å². The fourth-order valence-corrected chi connectivity index (χ4v) is 3.85. The second kappa shape index (κ2) is 4.52. The van der Waals surface area contributed by atoms with Gasteiger partial charge >= 0.3 is 0 Å². The van der Waals surface area contributed by atoms with Crippen LogP contribution in [-0.2, 0) is 11.2 Å². The Hall–Kier alpha value is -0.710. The number of hydrogen-bond donors (Lipinski definition) is 1. The zero-order chi connectivity index (χ0) is 11.8. The highest BCUT2D eigenvalue weighted by atomic mass is 32.2. The molecule has 0 spiro atoms. The largest absolute Gasteiger partial charge is 0.497 e. The molecule has 3 nitrogen and oxygen atoms in total. The van der Waals surface area contributed by atoms with Crippen molar-refractivity contribution < 1.29 is 9.47 Å². The fourth-order valence-electron chi connectivity index (χ4n) is 2.41. The van der Waals surface area contributed by atoms with Crippen LogP contribution in [0.5, 0.6) is 5.75 Å². The van der Waals surface area contributed by atoms with Crippen LogP contribution in [0.3, 0.4) is 0 Å². The van der Waals surface area contributed by atoms with Crippen molar-refractivity contribution in [2.45, 2.75) is 23.0 Å². The molecule has 2 unspecified atom stereocenters. The van der Waals surface area contributed by atoms with Crippen molar-refractivity contribution in [3.05, 3.63) is 29.3 Å². The van der Waals surface area contributed by atoms with Gasteiger partial charge in [0.2, 0.25) is 0 Å². The van der Waals surface area contributed by atoms with Crippen LogP contribution >= 0.6 is 11.8 Å². The Kier molecular flexibility index (Phi) is 3.03. The third-order valence-corrected chi connectivity index (χ3v) is 4.98. The lowest BCUT2D eigenvalue weighted by Crippen LogP contribution is -2.34. The summed E-state index contributed by atoms with van der Waals surface area (Å²) in [7, 11) is 1.69. The van der Waals surface area contributed by atoms with E-state index in [2.05, 4.69) is 12.1 Å². The van der Waals surface area contributed by atoms with Crippen LogP contribution in [0.25, 0.3) is 0 Å². The fraction of sp³-hybridized carbons (Fsp3) is 0.538. The number of methoxy groups -OCH3 is 1. The van der Waals surface area contributed by atoms with Gasteiger partial charge in [0.05, 0.1) is 25.6 Å². The lowest BCUT2D eigenvalue weighted by Gasteiger charge is -2.29. The zero-order valence-corrected chi connectivity index (χ0v) is 10.7. The predicted octanol–water partition coefficient (Wildman–Crippen LogP) is 1.75. The van der Waals surface area contributed by atoms with Gasteiger partial charge in [-0.3, -0.25) is 0 Å². The van der Waals surface area contributed by atoms with E-state index < -0.39 is 0 Å². The van der Waals surface area contributed by atoms with E-state index in [1.165, 1.54) is 11.1 Å². The average Bonchev–Trinajstić information content (AvgIpc) is 2.61. The van der Waals surface area contributed by atoms with Crippen molar-refractivity contribution in [1.29, 1.82) is 0 Å². The first-order chi connectivity index (χ1) is 8.28. The minimum Gasteiger partial charge on any atom is -0.497 e. The third-order valence-electron chi connectivity index (χ3n) is 3.51. The monoisotopic (exact) mass is 251 g/mol. The maximum absolute atomic E-state index is 6.32. The van der Waals surface area contributed by atoms with Crippen molar-refractivity contribution in [3.8, 4) is 5.75 Å². The molecule has 0 aromatic heterocycles. The number of fused-ring (bicyclic) bond motifs is 1. The summed E-state index contributed by atoms with van der Waals surface area (Å²) in [6.07, 6.45) is 1.07. The minimum atomic E-state index is 0.130. The smallest absolute Gasteiger partial charge is 0.119 e. The summed E-state index contributed by atoms with van der Waals surface area (Å²) in [5, 5.41) is 1.13. The van der Waals surface area contributed by atoms with Gasteiger partial charge in [-0.2, -0.15) is 0 Å². The summed E-state index contributed by atoms with van der Waals surface area (Å²) < 4.78 is 10.5. The second-order valence-corrected chi connectivity index (χ2v) is 6.17. The predicted molar refractivity (Wildman–Crippen MR) is 69.6 cm³/mol. The van der Waals surface area contributed by atoms with Gasteiger partial charge in [-0.15, -0.1) is 11.8 Å². The lowest BCUT2D eigenvalue weighted by molar-refractivity contribution is 0.0452. The van der Waals surface area contributed by atoms with E-state index in [0.29, 0.717) is 10.5 Å². The molecule has 1 aliphatic carbocycles. The van der Waals surface area contributed by atoms with Crippen LogP contribution in [-0.4, -0.2) is 30.8 Å². The zero-order valence-electron chi connectivity index (χ0n) is 9.89. The normalized spacial score (nSPS) is 27.6. The van der Waals surface area contributed by atoms with E-state index in [9.17, 15) is 0 Å². The number of benzene rings is 1. The van der Waals surface area contributed by atoms with Crippen LogP contribution in [0, 0.1) is 0 Å². The highest BCUT2D eigenvalue weighted by molar-refractivity contribution is 8.00. The number of hydrogen-bond acceptors (Lipinski definition) is 4. The molecule has 1 aliphatic heterocycles. The van der Waals surface area contributed by atoms with Gasteiger partial charge in [0.25, 0.3) is 0 Å². The highest BCUT2D eigenvalue weighted by Gasteiger charge is 2.34. The topological polar surface area (TPSA) is 44.5 Å². The van der Waals surface area contributed by atoms with Gasteiger partial charge in [-0.25, -0.2) is 0 Å². The van der Waals surface area contributed by atoms with Crippen LogP contribution in [0.2, 0.25) is 0 Å². The molecule has 4 heteroatoms. The number of nitrogens with two attached hydrogens (primary N) is 1. The second-order valence-electron chi connectivity index (χ2n) is 4.63. The maximum atomic E-state index is 6.32. The average molecular weight is 251 g/mol. The van der Waals surface area contributed by atoms with E-state index in [0.717, 1.165) is 25.4 Å². The van der Waals surface area contributed by atoms with Crippen molar-refractivity contribution in [1.82, 2.24) is 0 Å². The summed E-state index contributed by atoms with van der Waals surface area (Å²) in [5.41, 5.74) is 8.95. The third kappa shape index (κ3) is 2.05. The molecule has 1 heterocycles. The molecule has 1 aromatic rings. The van der Waals surface area contributed by atoms with Crippen molar-refractivity contribution in [2.75, 3.05) is 20.3 Å². The molecular weight excluding hydrogens is 234 g/mol. The summed E-state index contributed by atoms with van der Waals surface area (Å²) in [4.78, 5) is 0. The van der Waals surface area contributed by atoms with Gasteiger partial charge in [0.15, 0.2) is 0 Å². The summed E-state index contributed by atoms with van der Waals surface area (Å²) in [6, 6.07) is 6.38. The Bertz CT molecular complexity index is 420. The molecule has 0 bridgehead atoms. The SMILES string of the molecule is COc1ccc2c(c1)C(N)C(SC1COC1)C2. The van der Waals surface area contributed by atoms with Crippen LogP contribution in [0.15, 0.2) is 18.2 Å². The van der Waals surface area contributed by atoms with E-state index in [1.807, 2.05) is 17.8 Å². The van der Waals surface area contributed by atoms with E-state index in [-0.39, 0.29) is 6.04 Å². The number of thioether (sulfide) groups is 1. The highest BCUT2D eigenvalue weighted by Crippen LogP contribution is 2.41. The summed E-state index contributed by atoms with van der Waals surface area (Å²) >= 11 is 1.98. The number of ether oxygens (including phenoxy) is 2. The molecule has 0 saturated carbocycles. The van der Waals surface area contributed by atoms with Crippen molar-refractivity contribution >= 4 is 11.8 Å². The Morgan fingerprint density at radius 1 is 1.41 bits per heavy atom. The number of rotatable bonds is 3. The van der Waals surface area contributed by atoms with Gasteiger partial charge in [0.1, 0.15) is 5.75 Å². The summed E-state index contributed by atoms with van der Waals surface area (Å²) in [6.45, 7) is 1.76. The molecule has 3 rings (SSSR count). The van der Waals surface area contributed by atoms with E-state index in [1.54, 1.807) is 7.11 Å². The van der Waals surface area contributed by atoms with Crippen molar-refractivity contribution in [2.24, 2.45) is 5.73 Å². The molecule has 2 aliphatic rings. The van der Waals surface area contributed by atoms with Gasteiger partial charge in [-0.1, -0.05) is 6.07 Å². The Balaban J connectivity index is 1.76. The first-order valence-electron chi connectivity index (χ1n) is 5.93. The molecule has 17 heavy (non-hydrogen) atoms. The van der Waals surface area contributed by atoms with Crippen molar-refractivity contribution in [3.63, 3.8) is 0 Å². The molecular formula is C13H17NO2S. The Labute approximate surface area is 106 Å². The minimum absolute atomic E-state index is 0.130. The van der Waals surface area contributed by atoms with Crippen LogP contribution in [0.1, 0.15) is 17.2 Å². The molecule has 0 radical (unpaired) electrons. The first-order valence-corrected chi connectivity index (χ1v) is 6.88. The van der Waals surface area contributed by atoms with E-state index >= 15 is 0 Å². The molecule has 92 valence electrons. The van der Waals surface area contributed by atoms with E-state index in [4.69, 9.17) is 15.2 Å². The van der Waals surface area contributed by atoms with Gasteiger partial charge in [-0.05, 0) is 29.7 Å². The van der Waals surface area contributed by atoms with Gasteiger partial charge in [0, 0.05) is 11.3 Å². The summed E-state index contributed by atoms with van der Waals surface area (Å²) in [5.74, 6) is 0.900. The maximum Gasteiger partial charge on any atom is 0.119 e.